The Morgan fingerprint density at radius 2 is 2.43 bits per heavy atom. The van der Waals surface area contributed by atoms with Crippen LogP contribution in [0.3, 0.4) is 0 Å². The van der Waals surface area contributed by atoms with Gasteiger partial charge in [0.05, 0.1) is 12.9 Å². The zero-order valence-corrected chi connectivity index (χ0v) is 8.93. The molecule has 0 aliphatic carbocycles. The molecule has 1 aromatic rings. The number of nitrogens with zero attached hydrogens (tertiary/aromatic N) is 2. The lowest BCUT2D eigenvalue weighted by Crippen LogP contribution is -2.24. The summed E-state index contributed by atoms with van der Waals surface area (Å²) in [6.45, 7) is -0.0881. The number of hydrogen-bond acceptors (Lipinski definition) is 3. The minimum Gasteiger partial charge on any atom is -0.324 e. The third-order valence-electron chi connectivity index (χ3n) is 1.45. The number of terminal acetylenes is 1. The minimum absolute atomic E-state index is 0.0505. The molecule has 0 amide bonds. The molecule has 0 saturated heterocycles. The molecule has 0 unspecified atom stereocenters. The largest absolute Gasteiger partial charge is 0.324 e. The zero-order chi connectivity index (χ0) is 10.8. The van der Waals surface area contributed by atoms with E-state index in [1.807, 2.05) is 0 Å². The molecule has 0 bridgehead atoms. The molecule has 1 aromatic heterocycles. The monoisotopic (exact) mass is 233 g/mol. The zero-order valence-electron chi connectivity index (χ0n) is 7.36. The first kappa shape index (κ1) is 11.0. The van der Waals surface area contributed by atoms with Gasteiger partial charge < -0.3 is 4.57 Å². The van der Waals surface area contributed by atoms with Crippen LogP contribution in [-0.4, -0.2) is 24.5 Å². The van der Waals surface area contributed by atoms with E-state index in [0.29, 0.717) is 0 Å². The van der Waals surface area contributed by atoms with Crippen LogP contribution in [0.25, 0.3) is 0 Å². The van der Waals surface area contributed by atoms with Crippen LogP contribution in [0.15, 0.2) is 11.4 Å². The Morgan fingerprint density at radius 3 is 2.86 bits per heavy atom. The van der Waals surface area contributed by atoms with Gasteiger partial charge in [0.1, 0.15) is 5.15 Å². The molecule has 14 heavy (non-hydrogen) atoms. The summed E-state index contributed by atoms with van der Waals surface area (Å²) in [5.41, 5.74) is 0. The molecule has 1 N–H and O–H groups in total. The highest BCUT2D eigenvalue weighted by Crippen LogP contribution is 2.17. The molecule has 76 valence electrons. The first-order valence-electron chi connectivity index (χ1n) is 3.59. The number of nitrogens with one attached hydrogen (secondary N) is 1. The van der Waals surface area contributed by atoms with Crippen molar-refractivity contribution in [3.63, 3.8) is 0 Å². The molecule has 0 aliphatic rings. The van der Waals surface area contributed by atoms with Gasteiger partial charge >= 0.3 is 0 Å². The molecule has 0 saturated carbocycles. The Morgan fingerprint density at radius 1 is 1.79 bits per heavy atom. The van der Waals surface area contributed by atoms with Crippen molar-refractivity contribution in [2.24, 2.45) is 7.05 Å². The first-order valence-corrected chi connectivity index (χ1v) is 5.45. The van der Waals surface area contributed by atoms with E-state index < -0.39 is 10.0 Å². The Balaban J connectivity index is 3.06. The van der Waals surface area contributed by atoms with Crippen molar-refractivity contribution >= 4 is 21.6 Å². The van der Waals surface area contributed by atoms with E-state index >= 15 is 0 Å². The van der Waals surface area contributed by atoms with E-state index in [4.69, 9.17) is 18.0 Å². The van der Waals surface area contributed by atoms with Gasteiger partial charge in [-0.05, 0) is 0 Å². The molecule has 7 heteroatoms. The lowest BCUT2D eigenvalue weighted by atomic mass is 10.7. The normalized spacial score (nSPS) is 11.2. The third-order valence-corrected chi connectivity index (χ3v) is 3.34. The summed E-state index contributed by atoms with van der Waals surface area (Å²) in [6, 6.07) is 0. The summed E-state index contributed by atoms with van der Waals surface area (Å²) >= 11 is 5.70. The fraction of sp³-hybridized carbons (Fsp3) is 0.286. The van der Waals surface area contributed by atoms with Crippen molar-refractivity contribution in [3.05, 3.63) is 11.5 Å². The highest BCUT2D eigenvalue weighted by Gasteiger charge is 2.21. The predicted octanol–water partition coefficient (Wildman–Crippen LogP) is -0.0150. The summed E-state index contributed by atoms with van der Waals surface area (Å²) in [5, 5.41) is -0.161. The van der Waals surface area contributed by atoms with E-state index in [1.165, 1.54) is 10.9 Å². The second kappa shape index (κ2) is 4.00. The van der Waals surface area contributed by atoms with Crippen LogP contribution in [0.2, 0.25) is 5.15 Å². The van der Waals surface area contributed by atoms with Crippen LogP contribution in [0, 0.1) is 12.3 Å². The maximum Gasteiger partial charge on any atom is 0.262 e. The Bertz CT molecular complexity index is 472. The van der Waals surface area contributed by atoms with E-state index in [9.17, 15) is 8.42 Å². The fourth-order valence-electron chi connectivity index (χ4n) is 0.779. The maximum atomic E-state index is 11.5. The van der Waals surface area contributed by atoms with Gasteiger partial charge in [-0.2, -0.15) is 4.72 Å². The van der Waals surface area contributed by atoms with Gasteiger partial charge in [0.15, 0.2) is 0 Å². The van der Waals surface area contributed by atoms with E-state index in [0.717, 1.165) is 0 Å². The molecule has 0 atom stereocenters. The maximum absolute atomic E-state index is 11.5. The van der Waals surface area contributed by atoms with Crippen LogP contribution in [-0.2, 0) is 17.1 Å². The quantitative estimate of drug-likeness (QED) is 0.747. The van der Waals surface area contributed by atoms with Gasteiger partial charge in [-0.3, -0.25) is 0 Å². The molecule has 1 heterocycles. The van der Waals surface area contributed by atoms with Gasteiger partial charge in [0.25, 0.3) is 10.0 Å². The molecular formula is C7H8ClN3O2S. The summed E-state index contributed by atoms with van der Waals surface area (Å²) in [7, 11) is -2.10. The second-order valence-electron chi connectivity index (χ2n) is 2.48. The first-order chi connectivity index (χ1) is 6.49. The average Bonchev–Trinajstić information content (AvgIpc) is 2.45. The van der Waals surface area contributed by atoms with Gasteiger partial charge in [0, 0.05) is 7.05 Å². The molecule has 0 aromatic carbocycles. The Hall–Kier alpha value is -1.03. The summed E-state index contributed by atoms with van der Waals surface area (Å²) in [6.07, 6.45) is 6.23. The number of aryl methyl sites for hydroxylation is 1. The van der Waals surface area contributed by atoms with Crippen molar-refractivity contribution in [1.29, 1.82) is 0 Å². The molecule has 0 spiro atoms. The Labute approximate surface area is 87.1 Å². The number of imidazole rings is 1. The molecule has 0 fully saturated rings. The number of sulfonamides is 1. The van der Waals surface area contributed by atoms with Gasteiger partial charge in [0.2, 0.25) is 5.03 Å². The topological polar surface area (TPSA) is 64.0 Å². The van der Waals surface area contributed by atoms with E-state index in [2.05, 4.69) is 15.6 Å². The SMILES string of the molecule is C#CCNS(=O)(=O)c1ncn(C)c1Cl. The van der Waals surface area contributed by atoms with Crippen molar-refractivity contribution in [1.82, 2.24) is 14.3 Å². The second-order valence-corrected chi connectivity index (χ2v) is 4.52. The van der Waals surface area contributed by atoms with Crippen LogP contribution in [0.5, 0.6) is 0 Å². The minimum atomic E-state index is -3.69. The smallest absolute Gasteiger partial charge is 0.262 e. The van der Waals surface area contributed by atoms with Crippen molar-refractivity contribution in [2.45, 2.75) is 5.03 Å². The molecule has 5 nitrogen and oxygen atoms in total. The number of halogens is 1. The summed E-state index contributed by atoms with van der Waals surface area (Å²) in [4.78, 5) is 3.65. The molecule has 1 rings (SSSR count). The van der Waals surface area contributed by atoms with Crippen molar-refractivity contribution < 1.29 is 8.42 Å². The number of aromatic nitrogens is 2. The fourth-order valence-corrected chi connectivity index (χ4v) is 2.14. The Kier molecular flexibility index (Phi) is 3.16. The van der Waals surface area contributed by atoms with Gasteiger partial charge in [-0.25, -0.2) is 13.4 Å². The lowest BCUT2D eigenvalue weighted by Gasteiger charge is -2.00. The van der Waals surface area contributed by atoms with Gasteiger partial charge in [-0.15, -0.1) is 6.42 Å². The van der Waals surface area contributed by atoms with E-state index in [1.54, 1.807) is 7.05 Å². The van der Waals surface area contributed by atoms with Gasteiger partial charge in [-0.1, -0.05) is 17.5 Å². The average molecular weight is 234 g/mol. The van der Waals surface area contributed by atoms with Crippen molar-refractivity contribution in [2.75, 3.05) is 6.54 Å². The number of hydrogen-bond donors (Lipinski definition) is 1. The highest BCUT2D eigenvalue weighted by molar-refractivity contribution is 7.89. The highest BCUT2D eigenvalue weighted by atomic mass is 35.5. The van der Waals surface area contributed by atoms with Crippen molar-refractivity contribution in [3.8, 4) is 12.3 Å². The lowest BCUT2D eigenvalue weighted by molar-refractivity contribution is 0.583. The molecular weight excluding hydrogens is 226 g/mol. The standard InChI is InChI=1S/C7H8ClN3O2S/c1-3-4-10-14(12,13)7-6(8)11(2)5-9-7/h1,5,10H,4H2,2H3. The van der Waals surface area contributed by atoms with Crippen LogP contribution >= 0.6 is 11.6 Å². The predicted molar refractivity (Wildman–Crippen MR) is 52.2 cm³/mol. The molecule has 0 aliphatic heterocycles. The summed E-state index contributed by atoms with van der Waals surface area (Å²) in [5.74, 6) is 2.15. The van der Waals surface area contributed by atoms with Crippen LogP contribution < -0.4 is 4.72 Å². The summed E-state index contributed by atoms with van der Waals surface area (Å²) < 4.78 is 26.5. The third kappa shape index (κ3) is 2.07. The number of rotatable bonds is 3. The van der Waals surface area contributed by atoms with Crippen LogP contribution in [0.1, 0.15) is 0 Å². The van der Waals surface area contributed by atoms with E-state index in [-0.39, 0.29) is 16.7 Å². The molecule has 0 radical (unpaired) electrons. The van der Waals surface area contributed by atoms with Crippen LogP contribution in [0.4, 0.5) is 0 Å².